The second kappa shape index (κ2) is 12.0. The van der Waals surface area contributed by atoms with Crippen LogP contribution in [-0.4, -0.2) is 48.7 Å². The Balaban J connectivity index is 0.00000196. The summed E-state index contributed by atoms with van der Waals surface area (Å²) in [5.41, 5.74) is 7.84. The van der Waals surface area contributed by atoms with Gasteiger partial charge < -0.3 is 15.8 Å². The average Bonchev–Trinajstić information content (AvgIpc) is 2.62. The highest BCUT2D eigenvalue weighted by Gasteiger charge is 2.26. The quantitative estimate of drug-likeness (QED) is 0.749. The molecule has 4 atom stereocenters. The van der Waals surface area contributed by atoms with Crippen molar-refractivity contribution in [1.29, 1.82) is 0 Å². The van der Waals surface area contributed by atoms with Gasteiger partial charge >= 0.3 is 0 Å². The van der Waals surface area contributed by atoms with E-state index < -0.39 is 0 Å². The number of amides is 1. The van der Waals surface area contributed by atoms with E-state index in [9.17, 15) is 4.79 Å². The Morgan fingerprint density at radius 2 is 1.71 bits per heavy atom. The highest BCUT2D eigenvalue weighted by atomic mass is 35.5. The van der Waals surface area contributed by atoms with Gasteiger partial charge in [0, 0.05) is 31.2 Å². The first-order chi connectivity index (χ1) is 12.5. The highest BCUT2D eigenvalue weighted by molar-refractivity contribution is 5.94. The fourth-order valence-corrected chi connectivity index (χ4v) is 4.36. The Hall–Kier alpha value is -0.850. The molecule has 160 valence electrons. The molecule has 1 aromatic carbocycles. The monoisotopic (exact) mass is 431 g/mol. The molecule has 2 aliphatic rings. The van der Waals surface area contributed by atoms with Crippen molar-refractivity contribution >= 4 is 30.7 Å². The van der Waals surface area contributed by atoms with Crippen LogP contribution in [0.15, 0.2) is 24.3 Å². The number of hydrogen-bond donors (Lipinski definition) is 2. The second-order valence-electron chi connectivity index (χ2n) is 8.01. The summed E-state index contributed by atoms with van der Waals surface area (Å²) in [5.74, 6) is 0.438. The van der Waals surface area contributed by atoms with Gasteiger partial charge in [0.1, 0.15) is 0 Å². The number of nitrogens with two attached hydrogens (primary N) is 1. The molecular weight excluding hydrogens is 397 g/mol. The van der Waals surface area contributed by atoms with Gasteiger partial charge in [0.2, 0.25) is 0 Å². The van der Waals surface area contributed by atoms with Crippen LogP contribution in [0.1, 0.15) is 55.5 Å². The molecule has 1 amide bonds. The molecule has 1 heterocycles. The summed E-state index contributed by atoms with van der Waals surface area (Å²) < 4.78 is 5.79. The van der Waals surface area contributed by atoms with Gasteiger partial charge in [-0.25, -0.2) is 0 Å². The van der Waals surface area contributed by atoms with Crippen LogP contribution in [-0.2, 0) is 11.3 Å². The summed E-state index contributed by atoms with van der Waals surface area (Å²) in [5, 5.41) is 3.20. The lowest BCUT2D eigenvalue weighted by molar-refractivity contribution is -0.0704. The minimum Gasteiger partial charge on any atom is -0.373 e. The second-order valence-corrected chi connectivity index (χ2v) is 8.01. The lowest BCUT2D eigenvalue weighted by Gasteiger charge is -2.35. The maximum atomic E-state index is 12.6. The normalized spacial score (nSPS) is 28.0. The lowest BCUT2D eigenvalue weighted by Crippen LogP contribution is -2.45. The van der Waals surface area contributed by atoms with Crippen LogP contribution in [0.5, 0.6) is 0 Å². The number of benzene rings is 1. The first-order valence-electron chi connectivity index (χ1n) is 10.0. The molecule has 1 aromatic rings. The van der Waals surface area contributed by atoms with Crippen LogP contribution in [0, 0.1) is 5.92 Å². The van der Waals surface area contributed by atoms with Crippen LogP contribution >= 0.6 is 24.8 Å². The fraction of sp³-hybridized carbons (Fsp3) is 0.667. The van der Waals surface area contributed by atoms with Crippen molar-refractivity contribution in [3.63, 3.8) is 0 Å². The number of ether oxygens (including phenoxy) is 1. The van der Waals surface area contributed by atoms with Gasteiger partial charge in [0.15, 0.2) is 0 Å². The Labute approximate surface area is 181 Å². The van der Waals surface area contributed by atoms with E-state index in [4.69, 9.17) is 10.5 Å². The lowest BCUT2D eigenvalue weighted by atomic mass is 9.84. The van der Waals surface area contributed by atoms with E-state index in [1.807, 2.05) is 12.1 Å². The molecule has 0 bridgehead atoms. The predicted molar refractivity (Wildman–Crippen MR) is 118 cm³/mol. The molecule has 0 aromatic heterocycles. The van der Waals surface area contributed by atoms with Crippen LogP contribution in [0.3, 0.4) is 0 Å². The molecule has 28 heavy (non-hydrogen) atoms. The molecule has 0 spiro atoms. The van der Waals surface area contributed by atoms with Gasteiger partial charge in [0.05, 0.1) is 12.2 Å². The molecule has 1 saturated carbocycles. The minimum absolute atomic E-state index is 0. The standard InChI is InChI=1S/C21H33N3O2.2ClH/c1-15-12-24(13-16(2)26-15)14-17-7-9-18(10-8-17)21(25)23-20-6-4-3-5-19(20)11-22;;/h7-10,15-16,19-20H,3-6,11-14,22H2,1-2H3,(H,23,25);2*1H. The molecular formula is C21H35Cl2N3O2. The summed E-state index contributed by atoms with van der Waals surface area (Å²) in [6.45, 7) is 7.70. The number of nitrogens with zero attached hydrogens (tertiary/aromatic N) is 1. The van der Waals surface area contributed by atoms with Crippen molar-refractivity contribution in [3.05, 3.63) is 35.4 Å². The fourth-order valence-electron chi connectivity index (χ4n) is 4.36. The van der Waals surface area contributed by atoms with E-state index in [0.717, 1.165) is 38.0 Å². The van der Waals surface area contributed by atoms with Gasteiger partial charge in [-0.15, -0.1) is 24.8 Å². The Bertz CT molecular complexity index is 590. The number of morpholine rings is 1. The maximum Gasteiger partial charge on any atom is 0.251 e. The Morgan fingerprint density at radius 3 is 2.32 bits per heavy atom. The van der Waals surface area contributed by atoms with E-state index in [1.54, 1.807) is 0 Å². The van der Waals surface area contributed by atoms with Gasteiger partial charge in [0.25, 0.3) is 5.91 Å². The number of carbonyl (C=O) groups is 1. The Morgan fingerprint density at radius 1 is 1.11 bits per heavy atom. The third-order valence-electron chi connectivity index (χ3n) is 5.65. The summed E-state index contributed by atoms with van der Waals surface area (Å²) in [6.07, 6.45) is 5.11. The van der Waals surface area contributed by atoms with Crippen molar-refractivity contribution in [1.82, 2.24) is 10.2 Å². The van der Waals surface area contributed by atoms with Crippen molar-refractivity contribution in [2.45, 2.75) is 64.3 Å². The zero-order valence-corrected chi connectivity index (χ0v) is 18.6. The molecule has 0 radical (unpaired) electrons. The van der Waals surface area contributed by atoms with Gasteiger partial charge in [-0.05, 0) is 56.8 Å². The van der Waals surface area contributed by atoms with E-state index in [1.165, 1.54) is 18.4 Å². The van der Waals surface area contributed by atoms with Crippen LogP contribution in [0.4, 0.5) is 0 Å². The largest absolute Gasteiger partial charge is 0.373 e. The first-order valence-corrected chi connectivity index (χ1v) is 10.0. The number of hydrogen-bond acceptors (Lipinski definition) is 4. The van der Waals surface area contributed by atoms with Crippen LogP contribution in [0.2, 0.25) is 0 Å². The zero-order chi connectivity index (χ0) is 18.5. The van der Waals surface area contributed by atoms with Crippen molar-refractivity contribution < 1.29 is 9.53 Å². The van der Waals surface area contributed by atoms with Gasteiger partial charge in [-0.1, -0.05) is 25.0 Å². The minimum atomic E-state index is 0. The molecule has 5 nitrogen and oxygen atoms in total. The third-order valence-corrected chi connectivity index (χ3v) is 5.65. The summed E-state index contributed by atoms with van der Waals surface area (Å²) >= 11 is 0. The first kappa shape index (κ1) is 25.2. The summed E-state index contributed by atoms with van der Waals surface area (Å²) in [7, 11) is 0. The molecule has 7 heteroatoms. The summed E-state index contributed by atoms with van der Waals surface area (Å²) in [4.78, 5) is 15.0. The molecule has 4 unspecified atom stereocenters. The maximum absolute atomic E-state index is 12.6. The number of nitrogens with one attached hydrogen (secondary N) is 1. The molecule has 1 aliphatic carbocycles. The van der Waals surface area contributed by atoms with E-state index in [2.05, 4.69) is 36.2 Å². The van der Waals surface area contributed by atoms with Gasteiger partial charge in [-0.3, -0.25) is 9.69 Å². The molecule has 3 N–H and O–H groups in total. The number of rotatable bonds is 5. The van der Waals surface area contributed by atoms with E-state index in [0.29, 0.717) is 12.5 Å². The molecule has 1 aliphatic heterocycles. The number of halogens is 2. The molecule has 3 rings (SSSR count). The SMILES string of the molecule is CC1CN(Cc2ccc(C(=O)NC3CCCCC3CN)cc2)CC(C)O1.Cl.Cl. The number of carbonyl (C=O) groups excluding carboxylic acids is 1. The van der Waals surface area contributed by atoms with E-state index >= 15 is 0 Å². The van der Waals surface area contributed by atoms with E-state index in [-0.39, 0.29) is 49.0 Å². The average molecular weight is 432 g/mol. The van der Waals surface area contributed by atoms with Crippen molar-refractivity contribution in [2.75, 3.05) is 19.6 Å². The molecule has 2 fully saturated rings. The van der Waals surface area contributed by atoms with Crippen LogP contribution in [0.25, 0.3) is 0 Å². The van der Waals surface area contributed by atoms with Gasteiger partial charge in [-0.2, -0.15) is 0 Å². The third kappa shape index (κ3) is 6.89. The molecule has 1 saturated heterocycles. The van der Waals surface area contributed by atoms with Crippen molar-refractivity contribution in [3.8, 4) is 0 Å². The zero-order valence-electron chi connectivity index (χ0n) is 16.9. The topological polar surface area (TPSA) is 67.6 Å². The van der Waals surface area contributed by atoms with Crippen molar-refractivity contribution in [2.24, 2.45) is 11.7 Å². The highest BCUT2D eigenvalue weighted by Crippen LogP contribution is 2.24. The predicted octanol–water partition coefficient (Wildman–Crippen LogP) is 3.39. The smallest absolute Gasteiger partial charge is 0.251 e. The Kier molecular flexibility index (Phi) is 10.8. The summed E-state index contributed by atoms with van der Waals surface area (Å²) in [6, 6.07) is 8.25. The van der Waals surface area contributed by atoms with Crippen LogP contribution < -0.4 is 11.1 Å².